The summed E-state index contributed by atoms with van der Waals surface area (Å²) in [6, 6.07) is 5.31. The van der Waals surface area contributed by atoms with Crippen LogP contribution >= 0.6 is 0 Å². The molecular weight excluding hydrogens is 232 g/mol. The average Bonchev–Trinajstić information content (AvgIpc) is 2.38. The van der Waals surface area contributed by atoms with Gasteiger partial charge in [0.1, 0.15) is 17.5 Å². The quantitative estimate of drug-likeness (QED) is 0.837. The van der Waals surface area contributed by atoms with E-state index in [-0.39, 0.29) is 11.9 Å². The fraction of sp³-hybridized carbons (Fsp3) is 0.462. The Hall–Kier alpha value is -1.75. The summed E-state index contributed by atoms with van der Waals surface area (Å²) in [4.78, 5) is 11.9. The first-order valence-electron chi connectivity index (χ1n) is 6.08. The minimum atomic E-state index is -0.357. The second-order valence-electron chi connectivity index (χ2n) is 4.17. The highest BCUT2D eigenvalue weighted by Gasteiger charge is 2.27. The Labute approximate surface area is 106 Å². The van der Waals surface area contributed by atoms with Gasteiger partial charge >= 0.3 is 0 Å². The van der Waals surface area contributed by atoms with Crippen LogP contribution in [0.2, 0.25) is 0 Å². The van der Waals surface area contributed by atoms with Crippen LogP contribution in [0.15, 0.2) is 18.2 Å². The molecule has 5 heteroatoms. The Morgan fingerprint density at radius 1 is 1.39 bits per heavy atom. The lowest BCUT2D eigenvalue weighted by Gasteiger charge is -2.27. The van der Waals surface area contributed by atoms with Gasteiger partial charge in [0.15, 0.2) is 0 Å². The Morgan fingerprint density at radius 3 is 2.94 bits per heavy atom. The van der Waals surface area contributed by atoms with Crippen molar-refractivity contribution < 1.29 is 14.3 Å². The highest BCUT2D eigenvalue weighted by molar-refractivity contribution is 6.04. The van der Waals surface area contributed by atoms with Crippen molar-refractivity contribution >= 4 is 17.3 Å². The Kier molecular flexibility index (Phi) is 4.04. The summed E-state index contributed by atoms with van der Waals surface area (Å²) in [7, 11) is 1.57. The number of benzene rings is 1. The molecule has 1 heterocycles. The second kappa shape index (κ2) is 5.73. The van der Waals surface area contributed by atoms with Gasteiger partial charge < -0.3 is 20.1 Å². The van der Waals surface area contributed by atoms with Gasteiger partial charge in [-0.15, -0.1) is 0 Å². The number of hydrogen-bond acceptors (Lipinski definition) is 4. The lowest BCUT2D eigenvalue weighted by Crippen LogP contribution is -2.42. The summed E-state index contributed by atoms with van der Waals surface area (Å²) >= 11 is 0. The number of ether oxygens (including phenoxy) is 2. The zero-order chi connectivity index (χ0) is 13.0. The molecule has 1 aliphatic rings. The van der Waals surface area contributed by atoms with Crippen LogP contribution in [0.5, 0.6) is 5.75 Å². The van der Waals surface area contributed by atoms with Gasteiger partial charge in [0, 0.05) is 7.11 Å². The number of anilines is 2. The third-order valence-corrected chi connectivity index (χ3v) is 2.72. The molecule has 0 fully saturated rings. The number of methoxy groups -OCH3 is 1. The fourth-order valence-corrected chi connectivity index (χ4v) is 1.86. The summed E-state index contributed by atoms with van der Waals surface area (Å²) in [5, 5.41) is 6.01. The van der Waals surface area contributed by atoms with Crippen molar-refractivity contribution in [2.45, 2.75) is 19.4 Å². The first-order valence-corrected chi connectivity index (χ1v) is 6.08. The lowest BCUT2D eigenvalue weighted by molar-refractivity contribution is -0.118. The van der Waals surface area contributed by atoms with E-state index < -0.39 is 0 Å². The summed E-state index contributed by atoms with van der Waals surface area (Å²) in [5.41, 5.74) is 1.58. The molecule has 2 rings (SSSR count). The number of carbonyl (C=O) groups excluding carboxylic acids is 1. The van der Waals surface area contributed by atoms with Gasteiger partial charge in [0.2, 0.25) is 5.91 Å². The monoisotopic (exact) mass is 250 g/mol. The SMILES string of the molecule is CCCOc1cccc2c1NC(=O)C(COC)N2. The summed E-state index contributed by atoms with van der Waals surface area (Å²) < 4.78 is 10.6. The second-order valence-corrected chi connectivity index (χ2v) is 4.17. The van der Waals surface area contributed by atoms with Gasteiger partial charge in [-0.05, 0) is 18.6 Å². The summed E-state index contributed by atoms with van der Waals surface area (Å²) in [6.45, 7) is 3.01. The van der Waals surface area contributed by atoms with Crippen LogP contribution in [0, 0.1) is 0 Å². The van der Waals surface area contributed by atoms with Crippen molar-refractivity contribution in [3.63, 3.8) is 0 Å². The molecule has 2 N–H and O–H groups in total. The van der Waals surface area contributed by atoms with Crippen molar-refractivity contribution in [2.24, 2.45) is 0 Å². The maximum Gasteiger partial charge on any atom is 0.249 e. The van der Waals surface area contributed by atoms with Crippen LogP contribution in [0.1, 0.15) is 13.3 Å². The van der Waals surface area contributed by atoms with Gasteiger partial charge in [0.05, 0.1) is 18.9 Å². The zero-order valence-electron chi connectivity index (χ0n) is 10.7. The molecule has 1 aromatic rings. The molecule has 0 saturated carbocycles. The van der Waals surface area contributed by atoms with E-state index in [4.69, 9.17) is 9.47 Å². The largest absolute Gasteiger partial charge is 0.491 e. The van der Waals surface area contributed by atoms with Gasteiger partial charge in [-0.25, -0.2) is 0 Å². The van der Waals surface area contributed by atoms with Crippen LogP contribution in [0.25, 0.3) is 0 Å². The predicted octanol–water partition coefficient (Wildman–Crippen LogP) is 1.85. The predicted molar refractivity (Wildman–Crippen MR) is 70.1 cm³/mol. The number of nitrogens with one attached hydrogen (secondary N) is 2. The third-order valence-electron chi connectivity index (χ3n) is 2.72. The number of para-hydroxylation sites is 1. The molecule has 0 spiro atoms. The van der Waals surface area contributed by atoms with Crippen molar-refractivity contribution in [1.29, 1.82) is 0 Å². The van der Waals surface area contributed by atoms with Crippen LogP contribution in [-0.4, -0.2) is 32.3 Å². The molecule has 0 saturated heterocycles. The van der Waals surface area contributed by atoms with Gasteiger partial charge in [-0.3, -0.25) is 4.79 Å². The molecule has 5 nitrogen and oxygen atoms in total. The van der Waals surface area contributed by atoms with Gasteiger partial charge in [-0.1, -0.05) is 13.0 Å². The number of carbonyl (C=O) groups is 1. The van der Waals surface area contributed by atoms with Crippen molar-refractivity contribution in [2.75, 3.05) is 31.0 Å². The average molecular weight is 250 g/mol. The van der Waals surface area contributed by atoms with E-state index in [2.05, 4.69) is 10.6 Å². The highest BCUT2D eigenvalue weighted by Crippen LogP contribution is 2.35. The van der Waals surface area contributed by atoms with Crippen molar-refractivity contribution in [3.05, 3.63) is 18.2 Å². The highest BCUT2D eigenvalue weighted by atomic mass is 16.5. The number of rotatable bonds is 5. The molecule has 0 aliphatic carbocycles. The molecular formula is C13H18N2O3. The molecule has 1 aliphatic heterocycles. The normalized spacial score (nSPS) is 17.7. The van der Waals surface area contributed by atoms with E-state index in [1.807, 2.05) is 25.1 Å². The van der Waals surface area contributed by atoms with Crippen LogP contribution in [0.3, 0.4) is 0 Å². The molecule has 0 aromatic heterocycles. The van der Waals surface area contributed by atoms with E-state index in [0.717, 1.165) is 12.1 Å². The smallest absolute Gasteiger partial charge is 0.249 e. The first-order chi connectivity index (χ1) is 8.76. The molecule has 0 bridgehead atoms. The Morgan fingerprint density at radius 2 is 2.22 bits per heavy atom. The number of amides is 1. The molecule has 1 atom stereocenters. The molecule has 98 valence electrons. The number of fused-ring (bicyclic) bond motifs is 1. The van der Waals surface area contributed by atoms with Gasteiger partial charge in [0.25, 0.3) is 0 Å². The topological polar surface area (TPSA) is 59.6 Å². The standard InChI is InChI=1S/C13H18N2O3/c1-3-7-18-11-6-4-5-9-12(11)15-13(16)10(14-9)8-17-2/h4-6,10,14H,3,7-8H2,1-2H3,(H,15,16). The molecule has 1 amide bonds. The van der Waals surface area contributed by atoms with Crippen molar-refractivity contribution in [3.8, 4) is 5.75 Å². The lowest BCUT2D eigenvalue weighted by atomic mass is 10.1. The zero-order valence-corrected chi connectivity index (χ0v) is 10.7. The van der Waals surface area contributed by atoms with Crippen LogP contribution < -0.4 is 15.4 Å². The van der Waals surface area contributed by atoms with E-state index >= 15 is 0 Å². The van der Waals surface area contributed by atoms with E-state index in [1.165, 1.54) is 0 Å². The minimum Gasteiger partial charge on any atom is -0.491 e. The summed E-state index contributed by atoms with van der Waals surface area (Å²) in [6.07, 6.45) is 0.928. The van der Waals surface area contributed by atoms with E-state index in [9.17, 15) is 4.79 Å². The van der Waals surface area contributed by atoms with E-state index in [1.54, 1.807) is 7.11 Å². The third kappa shape index (κ3) is 2.56. The van der Waals surface area contributed by atoms with Crippen LogP contribution in [0.4, 0.5) is 11.4 Å². The maximum atomic E-state index is 11.9. The van der Waals surface area contributed by atoms with Crippen molar-refractivity contribution in [1.82, 2.24) is 0 Å². The Balaban J connectivity index is 2.21. The molecule has 1 unspecified atom stereocenters. The molecule has 1 aromatic carbocycles. The molecule has 18 heavy (non-hydrogen) atoms. The Bertz CT molecular complexity index is 434. The van der Waals surface area contributed by atoms with Crippen LogP contribution in [-0.2, 0) is 9.53 Å². The fourth-order valence-electron chi connectivity index (χ4n) is 1.86. The van der Waals surface area contributed by atoms with E-state index in [0.29, 0.717) is 24.7 Å². The minimum absolute atomic E-state index is 0.100. The molecule has 0 radical (unpaired) electrons. The first kappa shape index (κ1) is 12.7. The summed E-state index contributed by atoms with van der Waals surface area (Å²) in [5.74, 6) is 0.600. The number of hydrogen-bond donors (Lipinski definition) is 2. The van der Waals surface area contributed by atoms with Gasteiger partial charge in [-0.2, -0.15) is 0 Å². The maximum absolute atomic E-state index is 11.9.